The van der Waals surface area contributed by atoms with Gasteiger partial charge in [0.15, 0.2) is 0 Å². The monoisotopic (exact) mass is 469 g/mol. The van der Waals surface area contributed by atoms with E-state index in [2.05, 4.69) is 10.1 Å². The molecule has 0 aliphatic carbocycles. The van der Waals surface area contributed by atoms with Crippen LogP contribution >= 0.6 is 0 Å². The second-order valence-corrected chi connectivity index (χ2v) is 6.94. The molecule has 0 radical (unpaired) electrons. The van der Waals surface area contributed by atoms with E-state index in [0.717, 1.165) is 0 Å². The SMILES string of the molecule is COCCOCCOC(=O)CCC(=O)NC1C(O)CC(O)(OC=O)OC1C(O)C(O)CO. The summed E-state index contributed by atoms with van der Waals surface area (Å²) in [5, 5.41) is 51.7. The molecule has 1 fully saturated rings. The first-order chi connectivity index (χ1) is 15.2. The molecule has 0 spiro atoms. The molecule has 14 nitrogen and oxygen atoms in total. The number of ether oxygens (including phenoxy) is 5. The van der Waals surface area contributed by atoms with Crippen LogP contribution in [0.3, 0.4) is 0 Å². The number of nitrogens with one attached hydrogen (secondary N) is 1. The first-order valence-corrected chi connectivity index (χ1v) is 9.85. The fourth-order valence-electron chi connectivity index (χ4n) is 2.89. The van der Waals surface area contributed by atoms with Gasteiger partial charge in [-0.15, -0.1) is 0 Å². The molecule has 1 aliphatic rings. The molecule has 1 amide bonds. The number of amides is 1. The number of esters is 1. The molecule has 0 bridgehead atoms. The number of aliphatic hydroxyl groups is 5. The molecule has 1 rings (SSSR count). The minimum atomic E-state index is -2.63. The van der Waals surface area contributed by atoms with Gasteiger partial charge in [0.05, 0.1) is 51.4 Å². The van der Waals surface area contributed by atoms with Crippen molar-refractivity contribution in [3.63, 3.8) is 0 Å². The summed E-state index contributed by atoms with van der Waals surface area (Å²) in [5.41, 5.74) is 0. The van der Waals surface area contributed by atoms with Gasteiger partial charge >= 0.3 is 11.9 Å². The summed E-state index contributed by atoms with van der Waals surface area (Å²) in [6.45, 7) is -0.160. The topological polar surface area (TPSA) is 211 Å². The highest BCUT2D eigenvalue weighted by atomic mass is 16.8. The summed E-state index contributed by atoms with van der Waals surface area (Å²) in [4.78, 5) is 34.5. The first-order valence-electron chi connectivity index (χ1n) is 9.85. The Morgan fingerprint density at radius 1 is 1.22 bits per heavy atom. The summed E-state index contributed by atoms with van der Waals surface area (Å²) in [6.07, 6.45) is -8.22. The van der Waals surface area contributed by atoms with Gasteiger partial charge < -0.3 is 54.5 Å². The van der Waals surface area contributed by atoms with Crippen LogP contribution < -0.4 is 5.32 Å². The zero-order valence-corrected chi connectivity index (χ0v) is 17.6. The molecule has 6 atom stereocenters. The second kappa shape index (κ2) is 14.3. The lowest BCUT2D eigenvalue weighted by Crippen LogP contribution is -2.66. The Labute approximate surface area is 184 Å². The molecular formula is C18H31NO13. The van der Waals surface area contributed by atoms with Crippen LogP contribution in [-0.4, -0.2) is 120 Å². The Morgan fingerprint density at radius 2 is 1.91 bits per heavy atom. The third-order valence-corrected chi connectivity index (χ3v) is 4.51. The van der Waals surface area contributed by atoms with Crippen LogP contribution in [0.15, 0.2) is 0 Å². The molecule has 1 aliphatic heterocycles. The molecule has 0 saturated carbocycles. The molecular weight excluding hydrogens is 438 g/mol. The fourth-order valence-corrected chi connectivity index (χ4v) is 2.89. The van der Waals surface area contributed by atoms with Crippen molar-refractivity contribution in [2.75, 3.05) is 40.1 Å². The van der Waals surface area contributed by atoms with E-state index < -0.39 is 61.3 Å². The number of methoxy groups -OCH3 is 1. The Hall–Kier alpha value is -1.91. The summed E-state index contributed by atoms with van der Waals surface area (Å²) in [5.74, 6) is -4.03. The zero-order chi connectivity index (χ0) is 24.1. The maximum Gasteiger partial charge on any atom is 0.329 e. The zero-order valence-electron chi connectivity index (χ0n) is 17.6. The van der Waals surface area contributed by atoms with Gasteiger partial charge in [-0.05, 0) is 0 Å². The number of aliphatic hydroxyl groups excluding tert-OH is 4. The van der Waals surface area contributed by atoms with Crippen LogP contribution in [0.25, 0.3) is 0 Å². The largest absolute Gasteiger partial charge is 0.463 e. The van der Waals surface area contributed by atoms with E-state index >= 15 is 0 Å². The second-order valence-electron chi connectivity index (χ2n) is 6.94. The Bertz CT molecular complexity index is 591. The molecule has 6 N–H and O–H groups in total. The lowest BCUT2D eigenvalue weighted by Gasteiger charge is -2.45. The van der Waals surface area contributed by atoms with Crippen LogP contribution in [0.2, 0.25) is 0 Å². The normalized spacial score (nSPS) is 27.2. The molecule has 32 heavy (non-hydrogen) atoms. The van der Waals surface area contributed by atoms with Crippen LogP contribution in [-0.2, 0) is 38.1 Å². The number of carbonyl (C=O) groups excluding carboxylic acids is 3. The Balaban J connectivity index is 2.61. The molecule has 1 heterocycles. The van der Waals surface area contributed by atoms with Crippen molar-refractivity contribution in [1.29, 1.82) is 0 Å². The lowest BCUT2D eigenvalue weighted by molar-refractivity contribution is -0.393. The van der Waals surface area contributed by atoms with Crippen LogP contribution in [0.5, 0.6) is 0 Å². The van der Waals surface area contributed by atoms with E-state index in [9.17, 15) is 34.8 Å². The third-order valence-electron chi connectivity index (χ3n) is 4.51. The average molecular weight is 469 g/mol. The summed E-state index contributed by atoms with van der Waals surface area (Å²) >= 11 is 0. The van der Waals surface area contributed by atoms with E-state index in [-0.39, 0.29) is 32.5 Å². The van der Waals surface area contributed by atoms with Crippen molar-refractivity contribution in [2.45, 2.75) is 55.7 Å². The molecule has 186 valence electrons. The van der Waals surface area contributed by atoms with Gasteiger partial charge in [0, 0.05) is 13.5 Å². The van der Waals surface area contributed by atoms with Crippen molar-refractivity contribution < 1.29 is 63.6 Å². The van der Waals surface area contributed by atoms with E-state index in [1.165, 1.54) is 7.11 Å². The van der Waals surface area contributed by atoms with Gasteiger partial charge in [-0.2, -0.15) is 0 Å². The van der Waals surface area contributed by atoms with E-state index in [1.807, 2.05) is 0 Å². The molecule has 1 saturated heterocycles. The standard InChI is InChI=1S/C18H31NO13/c1-28-4-5-29-6-7-30-14(25)3-2-13(24)19-15-11(22)8-18(27,31-10-21)32-17(15)16(26)12(23)9-20/h10-12,15-17,20,22-23,26-27H,2-9H2,1H3,(H,19,24). The molecule has 0 aromatic rings. The van der Waals surface area contributed by atoms with Gasteiger partial charge in [0.1, 0.15) is 24.9 Å². The van der Waals surface area contributed by atoms with Gasteiger partial charge in [0.2, 0.25) is 5.91 Å². The minimum absolute atomic E-state index is 0.0119. The van der Waals surface area contributed by atoms with Crippen molar-refractivity contribution >= 4 is 18.3 Å². The van der Waals surface area contributed by atoms with Crippen molar-refractivity contribution in [3.05, 3.63) is 0 Å². The Morgan fingerprint density at radius 3 is 2.53 bits per heavy atom. The highest BCUT2D eigenvalue weighted by molar-refractivity contribution is 5.81. The highest BCUT2D eigenvalue weighted by Crippen LogP contribution is 2.30. The summed E-state index contributed by atoms with van der Waals surface area (Å²) < 4.78 is 24.3. The third kappa shape index (κ3) is 9.30. The number of hydrogen-bond donors (Lipinski definition) is 6. The van der Waals surface area contributed by atoms with Crippen molar-refractivity contribution in [2.24, 2.45) is 0 Å². The fraction of sp³-hybridized carbons (Fsp3) is 0.833. The van der Waals surface area contributed by atoms with Crippen molar-refractivity contribution in [1.82, 2.24) is 5.32 Å². The van der Waals surface area contributed by atoms with Gasteiger partial charge in [-0.25, -0.2) is 0 Å². The van der Waals surface area contributed by atoms with Crippen LogP contribution in [0, 0.1) is 0 Å². The van der Waals surface area contributed by atoms with Gasteiger partial charge in [-0.1, -0.05) is 0 Å². The maximum absolute atomic E-state index is 12.2. The predicted molar refractivity (Wildman–Crippen MR) is 102 cm³/mol. The van der Waals surface area contributed by atoms with Gasteiger partial charge in [-0.3, -0.25) is 14.4 Å². The smallest absolute Gasteiger partial charge is 0.329 e. The molecule has 0 aromatic carbocycles. The maximum atomic E-state index is 12.2. The summed E-state index contributed by atoms with van der Waals surface area (Å²) in [6, 6.07) is -1.38. The number of hydrogen-bond acceptors (Lipinski definition) is 13. The molecule has 6 unspecified atom stereocenters. The predicted octanol–water partition coefficient (Wildman–Crippen LogP) is -3.86. The molecule has 0 aromatic heterocycles. The average Bonchev–Trinajstić information content (AvgIpc) is 2.75. The highest BCUT2D eigenvalue weighted by Gasteiger charge is 2.51. The van der Waals surface area contributed by atoms with Crippen molar-refractivity contribution in [3.8, 4) is 0 Å². The van der Waals surface area contributed by atoms with Crippen LogP contribution in [0.1, 0.15) is 19.3 Å². The van der Waals surface area contributed by atoms with E-state index in [4.69, 9.17) is 24.1 Å². The first kappa shape index (κ1) is 28.1. The number of rotatable bonds is 15. The van der Waals surface area contributed by atoms with E-state index in [1.54, 1.807) is 0 Å². The minimum Gasteiger partial charge on any atom is -0.463 e. The summed E-state index contributed by atoms with van der Waals surface area (Å²) in [7, 11) is 1.52. The van der Waals surface area contributed by atoms with E-state index in [0.29, 0.717) is 13.2 Å². The quantitative estimate of drug-likeness (QED) is 0.0587. The number of carbonyl (C=O) groups is 3. The Kier molecular flexibility index (Phi) is 12.6. The lowest BCUT2D eigenvalue weighted by atomic mass is 9.91. The van der Waals surface area contributed by atoms with Gasteiger partial charge in [0.25, 0.3) is 6.47 Å². The molecule has 14 heteroatoms. The van der Waals surface area contributed by atoms with Crippen LogP contribution in [0.4, 0.5) is 0 Å².